The lowest BCUT2D eigenvalue weighted by Crippen LogP contribution is -2.40. The van der Waals surface area contributed by atoms with Crippen molar-refractivity contribution in [3.63, 3.8) is 0 Å². The fourth-order valence-corrected chi connectivity index (χ4v) is 1.97. The molecule has 1 fully saturated rings. The number of aliphatic hydroxyl groups excluding tert-OH is 1. The Morgan fingerprint density at radius 3 is 2.79 bits per heavy atom. The summed E-state index contributed by atoms with van der Waals surface area (Å²) in [6.45, 7) is -0.504. The molecule has 1 aliphatic rings. The van der Waals surface area contributed by atoms with Gasteiger partial charge in [-0.25, -0.2) is 10.7 Å². The van der Waals surface area contributed by atoms with Gasteiger partial charge in [-0.05, 0) is 4.53 Å². The Labute approximate surface area is 105 Å². The Morgan fingerprint density at radius 2 is 2.26 bits per heavy atom. The molecule has 10 heteroatoms. The van der Waals surface area contributed by atoms with Gasteiger partial charge in [0.25, 0.3) is 5.56 Å². The summed E-state index contributed by atoms with van der Waals surface area (Å²) in [5.41, 5.74) is -1.42. The van der Waals surface area contributed by atoms with Crippen molar-refractivity contribution in [2.24, 2.45) is 5.90 Å². The first-order valence-corrected chi connectivity index (χ1v) is 5.33. The van der Waals surface area contributed by atoms with Gasteiger partial charge in [0.1, 0.15) is 12.2 Å². The first-order valence-electron chi connectivity index (χ1n) is 5.33. The average molecular weight is 277 g/mol. The lowest BCUT2D eigenvalue weighted by Gasteiger charge is -2.18. The van der Waals surface area contributed by atoms with Crippen LogP contribution in [-0.4, -0.2) is 39.6 Å². The van der Waals surface area contributed by atoms with E-state index in [0.717, 1.165) is 16.8 Å². The van der Waals surface area contributed by atoms with Crippen LogP contribution in [-0.2, 0) is 14.5 Å². The lowest BCUT2D eigenvalue weighted by molar-refractivity contribution is -0.227. The van der Waals surface area contributed by atoms with Crippen LogP contribution >= 0.6 is 0 Å². The van der Waals surface area contributed by atoms with E-state index in [2.05, 4.69) is 9.78 Å². The number of aromatic nitrogens is 2. The van der Waals surface area contributed by atoms with Crippen LogP contribution in [0.2, 0.25) is 0 Å². The third kappa shape index (κ3) is 2.43. The number of aliphatic hydroxyl groups is 1. The number of H-pyrrole nitrogens is 1. The standard InChI is InChI=1S/C9H12FN3O6/c10-18-7-6(19-11)4(3-14)17-8(7)13-2-1-5(15)12-9(13)16/h1-2,4,6-8,14H,3,11H2,(H,12,15,16)/t4-,6?,7?,8-/m0/s1. The maximum atomic E-state index is 12.6. The Morgan fingerprint density at radius 1 is 1.53 bits per heavy atom. The van der Waals surface area contributed by atoms with Gasteiger partial charge in [0.2, 0.25) is 0 Å². The minimum atomic E-state index is -1.36. The molecule has 0 aliphatic carbocycles. The van der Waals surface area contributed by atoms with E-state index in [0.29, 0.717) is 0 Å². The predicted octanol–water partition coefficient (Wildman–Crippen LogP) is -2.05. The molecule has 2 rings (SSSR count). The zero-order chi connectivity index (χ0) is 14.0. The van der Waals surface area contributed by atoms with Crippen molar-refractivity contribution in [3.05, 3.63) is 33.1 Å². The number of nitrogens with zero attached hydrogens (tertiary/aromatic N) is 1. The van der Waals surface area contributed by atoms with Crippen molar-refractivity contribution in [1.82, 2.24) is 9.55 Å². The van der Waals surface area contributed by atoms with E-state index in [1.807, 2.05) is 4.98 Å². The molecular weight excluding hydrogens is 265 g/mol. The molecule has 2 heterocycles. The van der Waals surface area contributed by atoms with Crippen LogP contribution in [0, 0.1) is 0 Å². The van der Waals surface area contributed by atoms with Crippen molar-refractivity contribution in [3.8, 4) is 0 Å². The maximum absolute atomic E-state index is 12.6. The van der Waals surface area contributed by atoms with Crippen LogP contribution in [0.1, 0.15) is 6.23 Å². The highest BCUT2D eigenvalue weighted by molar-refractivity contribution is 4.94. The summed E-state index contributed by atoms with van der Waals surface area (Å²) >= 11 is 0. The van der Waals surface area contributed by atoms with Crippen molar-refractivity contribution in [2.45, 2.75) is 24.5 Å². The number of nitrogens with one attached hydrogen (secondary N) is 1. The van der Waals surface area contributed by atoms with Gasteiger partial charge in [0.15, 0.2) is 12.3 Å². The quantitative estimate of drug-likeness (QED) is 0.540. The summed E-state index contributed by atoms with van der Waals surface area (Å²) in [7, 11) is 0. The maximum Gasteiger partial charge on any atom is 0.330 e. The molecule has 0 amide bonds. The molecular formula is C9H12FN3O6. The topological polar surface area (TPSA) is 129 Å². The van der Waals surface area contributed by atoms with Gasteiger partial charge in [0.05, 0.1) is 6.61 Å². The molecule has 0 radical (unpaired) electrons. The van der Waals surface area contributed by atoms with Crippen LogP contribution in [0.3, 0.4) is 0 Å². The van der Waals surface area contributed by atoms with E-state index >= 15 is 0 Å². The molecule has 0 saturated carbocycles. The smallest absolute Gasteiger partial charge is 0.330 e. The molecule has 9 nitrogen and oxygen atoms in total. The molecule has 4 N–H and O–H groups in total. The van der Waals surface area contributed by atoms with Crippen molar-refractivity contribution in [1.29, 1.82) is 0 Å². The summed E-state index contributed by atoms with van der Waals surface area (Å²) in [5.74, 6) is 4.99. The van der Waals surface area contributed by atoms with Gasteiger partial charge in [-0.1, -0.05) is 0 Å². The summed E-state index contributed by atoms with van der Waals surface area (Å²) in [6.07, 6.45) is -3.52. The first-order chi connectivity index (χ1) is 9.12. The number of rotatable bonds is 4. The molecule has 1 aromatic heterocycles. The molecule has 0 aromatic carbocycles. The highest BCUT2D eigenvalue weighted by Crippen LogP contribution is 2.32. The minimum absolute atomic E-state index is 0.504. The normalized spacial score (nSPS) is 30.7. The van der Waals surface area contributed by atoms with Crippen molar-refractivity contribution < 1.29 is 24.1 Å². The highest BCUT2D eigenvalue weighted by Gasteiger charge is 2.48. The van der Waals surface area contributed by atoms with E-state index < -0.39 is 42.4 Å². The minimum Gasteiger partial charge on any atom is -0.394 e. The number of aromatic amines is 1. The molecule has 0 bridgehead atoms. The summed E-state index contributed by atoms with van der Waals surface area (Å²) in [4.78, 5) is 32.7. The largest absolute Gasteiger partial charge is 0.394 e. The number of hydrogen-bond donors (Lipinski definition) is 3. The fraction of sp³-hybridized carbons (Fsp3) is 0.556. The van der Waals surface area contributed by atoms with Crippen LogP contribution in [0.25, 0.3) is 0 Å². The molecule has 1 saturated heterocycles. The van der Waals surface area contributed by atoms with Gasteiger partial charge in [0, 0.05) is 12.3 Å². The summed E-state index contributed by atoms with van der Waals surface area (Å²) < 4.78 is 18.8. The number of hydrogen-bond acceptors (Lipinski definition) is 7. The Kier molecular flexibility index (Phi) is 4.07. The second-order valence-corrected chi connectivity index (χ2v) is 3.92. The van der Waals surface area contributed by atoms with Crippen LogP contribution in [0.5, 0.6) is 0 Å². The zero-order valence-corrected chi connectivity index (χ0v) is 9.56. The molecule has 2 unspecified atom stereocenters. The van der Waals surface area contributed by atoms with Gasteiger partial charge in [-0.3, -0.25) is 19.2 Å². The van der Waals surface area contributed by atoms with E-state index in [1.54, 1.807) is 0 Å². The SMILES string of the molecule is NOC1C(OF)[C@@H](n2ccc(=O)[nH]c2=O)O[C@H]1CO. The molecule has 19 heavy (non-hydrogen) atoms. The van der Waals surface area contributed by atoms with Gasteiger partial charge >= 0.3 is 5.69 Å². The molecule has 106 valence electrons. The number of nitrogens with two attached hydrogens (primary N) is 1. The molecule has 0 spiro atoms. The van der Waals surface area contributed by atoms with Crippen LogP contribution < -0.4 is 17.1 Å². The average Bonchev–Trinajstić information content (AvgIpc) is 2.76. The zero-order valence-electron chi connectivity index (χ0n) is 9.56. The van der Waals surface area contributed by atoms with E-state index in [9.17, 15) is 14.1 Å². The van der Waals surface area contributed by atoms with Crippen LogP contribution in [0.4, 0.5) is 4.53 Å². The highest BCUT2D eigenvalue weighted by atomic mass is 19.3. The molecule has 4 atom stereocenters. The van der Waals surface area contributed by atoms with Gasteiger partial charge in [-0.2, -0.15) is 4.94 Å². The first kappa shape index (κ1) is 13.8. The summed E-state index contributed by atoms with van der Waals surface area (Å²) in [5, 5.41) is 9.08. The lowest BCUT2D eigenvalue weighted by atomic mass is 10.1. The van der Waals surface area contributed by atoms with E-state index in [1.165, 1.54) is 0 Å². The second-order valence-electron chi connectivity index (χ2n) is 3.92. The Hall–Kier alpha value is -1.59. The number of ether oxygens (including phenoxy) is 1. The van der Waals surface area contributed by atoms with Gasteiger partial charge < -0.3 is 9.84 Å². The second kappa shape index (κ2) is 5.59. The molecule has 1 aliphatic heterocycles. The van der Waals surface area contributed by atoms with Crippen molar-refractivity contribution >= 4 is 0 Å². The molecule has 1 aromatic rings. The monoisotopic (exact) mass is 277 g/mol. The fourth-order valence-electron chi connectivity index (χ4n) is 1.97. The summed E-state index contributed by atoms with van der Waals surface area (Å²) in [6, 6.07) is 1.06. The predicted molar refractivity (Wildman–Crippen MR) is 57.4 cm³/mol. The van der Waals surface area contributed by atoms with Gasteiger partial charge in [-0.15, -0.1) is 0 Å². The van der Waals surface area contributed by atoms with Crippen molar-refractivity contribution in [2.75, 3.05) is 6.61 Å². The Balaban J connectivity index is 2.38. The third-order valence-electron chi connectivity index (χ3n) is 2.85. The van der Waals surface area contributed by atoms with E-state index in [-0.39, 0.29) is 0 Å². The van der Waals surface area contributed by atoms with Crippen LogP contribution in [0.15, 0.2) is 21.9 Å². The Bertz CT molecular complexity index is 545. The number of halogens is 1. The third-order valence-corrected chi connectivity index (χ3v) is 2.85. The van der Waals surface area contributed by atoms with E-state index in [4.69, 9.17) is 15.7 Å².